The van der Waals surface area contributed by atoms with Gasteiger partial charge in [0.05, 0.1) is 11.3 Å². The van der Waals surface area contributed by atoms with E-state index < -0.39 is 0 Å². The standard InChI is InChI=1S/C16H17ClN4OS/c1-23-9-10-6-8-18-14(17)13(10)21-16(22)12-3-2-7-19-15(12)20-11-4-5-11/h2-3,6-8,11H,4-5,9H2,1H3,(H,19,20)(H,21,22). The van der Waals surface area contributed by atoms with Gasteiger partial charge in [0.1, 0.15) is 5.82 Å². The summed E-state index contributed by atoms with van der Waals surface area (Å²) in [5.41, 5.74) is 2.02. The predicted molar refractivity (Wildman–Crippen MR) is 95.3 cm³/mol. The first kappa shape index (κ1) is 16.1. The van der Waals surface area contributed by atoms with Crippen LogP contribution in [0, 0.1) is 0 Å². The maximum Gasteiger partial charge on any atom is 0.259 e. The number of nitrogens with zero attached hydrogens (tertiary/aromatic N) is 2. The van der Waals surface area contributed by atoms with Crippen LogP contribution in [0.2, 0.25) is 5.15 Å². The Bertz CT molecular complexity index is 721. The molecule has 0 unspecified atom stereocenters. The molecule has 1 saturated carbocycles. The predicted octanol–water partition coefficient (Wildman–Crippen LogP) is 3.82. The largest absolute Gasteiger partial charge is 0.367 e. The van der Waals surface area contributed by atoms with Crippen LogP contribution in [0.5, 0.6) is 0 Å². The van der Waals surface area contributed by atoms with Gasteiger partial charge in [-0.25, -0.2) is 9.97 Å². The maximum atomic E-state index is 12.7. The van der Waals surface area contributed by atoms with E-state index in [1.165, 1.54) is 0 Å². The molecule has 2 aromatic rings. The van der Waals surface area contributed by atoms with Crippen LogP contribution in [0.1, 0.15) is 28.8 Å². The van der Waals surface area contributed by atoms with Gasteiger partial charge in [0.15, 0.2) is 5.15 Å². The molecule has 2 N–H and O–H groups in total. The Balaban J connectivity index is 1.85. The second-order valence-electron chi connectivity index (χ2n) is 5.34. The minimum atomic E-state index is -0.237. The Morgan fingerprint density at radius 1 is 1.35 bits per heavy atom. The zero-order chi connectivity index (χ0) is 16.2. The number of carbonyl (C=O) groups excluding carboxylic acids is 1. The second-order valence-corrected chi connectivity index (χ2v) is 6.57. The quantitative estimate of drug-likeness (QED) is 0.777. The average Bonchev–Trinajstić information content (AvgIpc) is 3.35. The Morgan fingerprint density at radius 3 is 2.91 bits per heavy atom. The topological polar surface area (TPSA) is 66.9 Å². The molecular weight excluding hydrogens is 332 g/mol. The molecule has 3 rings (SSSR count). The first-order valence-electron chi connectivity index (χ1n) is 7.34. The van der Waals surface area contributed by atoms with Gasteiger partial charge in [0.2, 0.25) is 0 Å². The van der Waals surface area contributed by atoms with Crippen LogP contribution in [0.25, 0.3) is 0 Å². The SMILES string of the molecule is CSCc1ccnc(Cl)c1NC(=O)c1cccnc1NC1CC1. The minimum Gasteiger partial charge on any atom is -0.367 e. The zero-order valence-electron chi connectivity index (χ0n) is 12.7. The second kappa shape index (κ2) is 7.19. The number of pyridine rings is 2. The van der Waals surface area contributed by atoms with Crippen molar-refractivity contribution in [1.29, 1.82) is 0 Å². The summed E-state index contributed by atoms with van der Waals surface area (Å²) in [4.78, 5) is 21.0. The Morgan fingerprint density at radius 2 is 2.17 bits per heavy atom. The molecule has 2 heterocycles. The smallest absolute Gasteiger partial charge is 0.259 e. The van der Waals surface area contributed by atoms with E-state index in [1.54, 1.807) is 36.3 Å². The van der Waals surface area contributed by atoms with Gasteiger partial charge in [0, 0.05) is 24.2 Å². The summed E-state index contributed by atoms with van der Waals surface area (Å²) in [6, 6.07) is 5.79. The van der Waals surface area contributed by atoms with Crippen LogP contribution in [0.4, 0.5) is 11.5 Å². The third-order valence-corrected chi connectivity index (χ3v) is 4.39. The molecule has 2 aromatic heterocycles. The van der Waals surface area contributed by atoms with Crippen molar-refractivity contribution >= 4 is 40.8 Å². The molecule has 1 aliphatic carbocycles. The number of amides is 1. The van der Waals surface area contributed by atoms with E-state index in [0.29, 0.717) is 28.3 Å². The number of carbonyl (C=O) groups is 1. The number of nitrogens with one attached hydrogen (secondary N) is 2. The van der Waals surface area contributed by atoms with Crippen molar-refractivity contribution in [1.82, 2.24) is 9.97 Å². The molecule has 7 heteroatoms. The number of halogens is 1. The van der Waals surface area contributed by atoms with Gasteiger partial charge in [-0.15, -0.1) is 0 Å². The molecule has 5 nitrogen and oxygen atoms in total. The molecule has 120 valence electrons. The molecule has 1 fully saturated rings. The van der Waals surface area contributed by atoms with Crippen LogP contribution in [0.3, 0.4) is 0 Å². The fourth-order valence-corrected chi connectivity index (χ4v) is 2.96. The fraction of sp³-hybridized carbons (Fsp3) is 0.312. The summed E-state index contributed by atoms with van der Waals surface area (Å²) < 4.78 is 0. The molecule has 23 heavy (non-hydrogen) atoms. The number of thioether (sulfide) groups is 1. The zero-order valence-corrected chi connectivity index (χ0v) is 14.2. The summed E-state index contributed by atoms with van der Waals surface area (Å²) in [6.45, 7) is 0. The lowest BCUT2D eigenvalue weighted by Gasteiger charge is -2.13. The Kier molecular flexibility index (Phi) is 5.03. The average molecular weight is 349 g/mol. The van der Waals surface area contributed by atoms with E-state index in [4.69, 9.17) is 11.6 Å². The van der Waals surface area contributed by atoms with Crippen molar-refractivity contribution in [3.05, 3.63) is 46.9 Å². The summed E-state index contributed by atoms with van der Waals surface area (Å²) in [7, 11) is 0. The van der Waals surface area contributed by atoms with Crippen molar-refractivity contribution in [2.45, 2.75) is 24.6 Å². The maximum absolute atomic E-state index is 12.7. The molecule has 1 amide bonds. The van der Waals surface area contributed by atoms with E-state index in [9.17, 15) is 4.79 Å². The summed E-state index contributed by atoms with van der Waals surface area (Å²) >= 11 is 7.82. The van der Waals surface area contributed by atoms with Gasteiger partial charge >= 0.3 is 0 Å². The summed E-state index contributed by atoms with van der Waals surface area (Å²) in [5, 5.41) is 6.46. The molecule has 0 aliphatic heterocycles. The summed E-state index contributed by atoms with van der Waals surface area (Å²) in [6.07, 6.45) is 7.55. The Hall–Kier alpha value is -1.79. The molecule has 0 saturated heterocycles. The van der Waals surface area contributed by atoms with Gasteiger partial charge in [-0.2, -0.15) is 11.8 Å². The van der Waals surface area contributed by atoms with Crippen LogP contribution in [0.15, 0.2) is 30.6 Å². The molecule has 0 radical (unpaired) electrons. The number of rotatable bonds is 6. The van der Waals surface area contributed by atoms with Crippen LogP contribution in [-0.2, 0) is 5.75 Å². The van der Waals surface area contributed by atoms with Crippen molar-refractivity contribution < 1.29 is 4.79 Å². The fourth-order valence-electron chi connectivity index (χ4n) is 2.19. The van der Waals surface area contributed by atoms with Crippen LogP contribution in [-0.4, -0.2) is 28.2 Å². The van der Waals surface area contributed by atoms with Crippen LogP contribution < -0.4 is 10.6 Å². The first-order chi connectivity index (χ1) is 11.2. The highest BCUT2D eigenvalue weighted by molar-refractivity contribution is 7.97. The van der Waals surface area contributed by atoms with E-state index in [2.05, 4.69) is 20.6 Å². The number of aromatic nitrogens is 2. The molecule has 0 bridgehead atoms. The Labute approximate surface area is 144 Å². The van der Waals surface area contributed by atoms with E-state index in [-0.39, 0.29) is 5.91 Å². The highest BCUT2D eigenvalue weighted by Gasteiger charge is 2.24. The van der Waals surface area contributed by atoms with Crippen molar-refractivity contribution in [3.63, 3.8) is 0 Å². The van der Waals surface area contributed by atoms with Gasteiger partial charge in [-0.3, -0.25) is 4.79 Å². The van der Waals surface area contributed by atoms with E-state index >= 15 is 0 Å². The minimum absolute atomic E-state index is 0.237. The lowest BCUT2D eigenvalue weighted by molar-refractivity contribution is 0.102. The molecule has 0 atom stereocenters. The van der Waals surface area contributed by atoms with Gasteiger partial charge in [-0.05, 0) is 42.9 Å². The third kappa shape index (κ3) is 3.95. The van der Waals surface area contributed by atoms with E-state index in [1.807, 2.05) is 12.3 Å². The van der Waals surface area contributed by atoms with Crippen molar-refractivity contribution in [3.8, 4) is 0 Å². The number of hydrogen-bond donors (Lipinski definition) is 2. The normalized spacial score (nSPS) is 13.7. The number of hydrogen-bond acceptors (Lipinski definition) is 5. The lowest BCUT2D eigenvalue weighted by atomic mass is 10.2. The van der Waals surface area contributed by atoms with Crippen LogP contribution >= 0.6 is 23.4 Å². The highest BCUT2D eigenvalue weighted by atomic mass is 35.5. The van der Waals surface area contributed by atoms with Gasteiger partial charge < -0.3 is 10.6 Å². The molecular formula is C16H17ClN4OS. The molecule has 0 spiro atoms. The van der Waals surface area contributed by atoms with Crippen molar-refractivity contribution in [2.75, 3.05) is 16.9 Å². The molecule has 0 aromatic carbocycles. The van der Waals surface area contributed by atoms with E-state index in [0.717, 1.165) is 24.2 Å². The lowest BCUT2D eigenvalue weighted by Crippen LogP contribution is -2.17. The van der Waals surface area contributed by atoms with Crippen molar-refractivity contribution in [2.24, 2.45) is 0 Å². The highest BCUT2D eigenvalue weighted by Crippen LogP contribution is 2.29. The third-order valence-electron chi connectivity index (χ3n) is 3.50. The monoisotopic (exact) mass is 348 g/mol. The number of anilines is 2. The van der Waals surface area contributed by atoms with Gasteiger partial charge in [0.25, 0.3) is 5.91 Å². The van der Waals surface area contributed by atoms with Gasteiger partial charge in [-0.1, -0.05) is 11.6 Å². The summed E-state index contributed by atoms with van der Waals surface area (Å²) in [5.74, 6) is 1.12. The molecule has 1 aliphatic rings. The first-order valence-corrected chi connectivity index (χ1v) is 9.11.